The van der Waals surface area contributed by atoms with E-state index in [9.17, 15) is 8.42 Å². The van der Waals surface area contributed by atoms with Crippen LogP contribution in [0, 0.1) is 6.92 Å². The first-order chi connectivity index (χ1) is 14.8. The lowest BCUT2D eigenvalue weighted by Gasteiger charge is -2.50. The molecule has 0 aromatic heterocycles. The average molecular weight is 442 g/mol. The number of nitrogens with zero attached hydrogens (tertiary/aromatic N) is 3. The highest BCUT2D eigenvalue weighted by molar-refractivity contribution is 7.88. The van der Waals surface area contributed by atoms with Crippen LogP contribution in [0.25, 0.3) is 0 Å². The Labute approximate surface area is 183 Å². The second-order valence-electron chi connectivity index (χ2n) is 8.57. The van der Waals surface area contributed by atoms with Crippen LogP contribution in [0.5, 0.6) is 11.5 Å². The SMILES string of the molecule is COc1cccc2c1OC1(CCN(S(C)(=O)=O)CC1)N1N=C(c3ccc(C)cc3)CC21. The van der Waals surface area contributed by atoms with Crippen molar-refractivity contribution in [3.8, 4) is 11.5 Å². The summed E-state index contributed by atoms with van der Waals surface area (Å²) in [7, 11) is -1.59. The molecule has 3 aliphatic heterocycles. The fourth-order valence-corrected chi connectivity index (χ4v) is 5.69. The number of benzene rings is 2. The van der Waals surface area contributed by atoms with Gasteiger partial charge in [-0.25, -0.2) is 17.7 Å². The minimum Gasteiger partial charge on any atom is -0.493 e. The average Bonchev–Trinajstić information content (AvgIpc) is 3.20. The number of sulfonamides is 1. The van der Waals surface area contributed by atoms with Crippen molar-refractivity contribution in [1.29, 1.82) is 0 Å². The molecule has 1 unspecified atom stereocenters. The Bertz CT molecular complexity index is 1140. The smallest absolute Gasteiger partial charge is 0.211 e. The molecule has 0 bridgehead atoms. The second kappa shape index (κ2) is 7.24. The van der Waals surface area contributed by atoms with Crippen LogP contribution < -0.4 is 9.47 Å². The van der Waals surface area contributed by atoms with Crippen molar-refractivity contribution in [3.63, 3.8) is 0 Å². The Kier molecular flexibility index (Phi) is 4.75. The largest absolute Gasteiger partial charge is 0.493 e. The summed E-state index contributed by atoms with van der Waals surface area (Å²) < 4.78 is 37.9. The van der Waals surface area contributed by atoms with Gasteiger partial charge in [0.05, 0.1) is 25.1 Å². The van der Waals surface area contributed by atoms with Gasteiger partial charge in [0.15, 0.2) is 11.5 Å². The van der Waals surface area contributed by atoms with E-state index in [1.807, 2.05) is 12.1 Å². The molecule has 1 fully saturated rings. The van der Waals surface area contributed by atoms with Crippen LogP contribution in [0.2, 0.25) is 0 Å². The molecule has 2 aromatic rings. The third-order valence-electron chi connectivity index (χ3n) is 6.57. The Hall–Kier alpha value is -2.58. The van der Waals surface area contributed by atoms with Crippen LogP contribution in [-0.2, 0) is 10.0 Å². The number of hydrogen-bond acceptors (Lipinski definition) is 6. The van der Waals surface area contributed by atoms with Crippen molar-refractivity contribution in [2.45, 2.75) is 38.0 Å². The van der Waals surface area contributed by atoms with E-state index >= 15 is 0 Å². The monoisotopic (exact) mass is 441 g/mol. The van der Waals surface area contributed by atoms with E-state index in [2.05, 4.69) is 42.3 Å². The third kappa shape index (κ3) is 3.38. The van der Waals surface area contributed by atoms with Gasteiger partial charge in [-0.15, -0.1) is 0 Å². The number of methoxy groups -OCH3 is 1. The Morgan fingerprint density at radius 2 is 1.84 bits per heavy atom. The zero-order valence-corrected chi connectivity index (χ0v) is 18.9. The topological polar surface area (TPSA) is 71.4 Å². The molecule has 164 valence electrons. The van der Waals surface area contributed by atoms with Gasteiger partial charge in [0, 0.05) is 37.9 Å². The van der Waals surface area contributed by atoms with E-state index in [0.29, 0.717) is 31.7 Å². The number of hydrogen-bond donors (Lipinski definition) is 0. The maximum absolute atomic E-state index is 12.1. The zero-order chi connectivity index (χ0) is 21.8. The van der Waals surface area contributed by atoms with Crippen molar-refractivity contribution in [2.24, 2.45) is 5.10 Å². The first kappa shape index (κ1) is 20.3. The number of hydrazone groups is 1. The molecular weight excluding hydrogens is 414 g/mol. The van der Waals surface area contributed by atoms with E-state index in [1.165, 1.54) is 16.1 Å². The first-order valence-corrected chi connectivity index (χ1v) is 12.4. The molecule has 0 radical (unpaired) electrons. The highest BCUT2D eigenvalue weighted by Crippen LogP contribution is 2.52. The predicted octanol–water partition coefficient (Wildman–Crippen LogP) is 3.30. The van der Waals surface area contributed by atoms with E-state index in [-0.39, 0.29) is 6.04 Å². The standard InChI is InChI=1S/C23H27N3O4S/c1-16-7-9-17(10-8-16)19-15-20-18-5-4-6-21(29-2)22(18)30-23(26(20)24-19)11-13-25(14-12-23)31(3,27)28/h4-10,20H,11-15H2,1-3H3. The molecule has 2 aromatic carbocycles. The lowest BCUT2D eigenvalue weighted by molar-refractivity contribution is -0.144. The number of para-hydroxylation sites is 1. The number of piperidine rings is 1. The van der Waals surface area contributed by atoms with Gasteiger partial charge in [-0.2, -0.15) is 5.10 Å². The highest BCUT2D eigenvalue weighted by Gasteiger charge is 2.53. The molecule has 3 heterocycles. The van der Waals surface area contributed by atoms with Gasteiger partial charge in [0.2, 0.25) is 15.7 Å². The molecule has 0 saturated carbocycles. The van der Waals surface area contributed by atoms with Crippen LogP contribution in [-0.4, -0.2) is 55.6 Å². The van der Waals surface area contributed by atoms with Gasteiger partial charge >= 0.3 is 0 Å². The minimum absolute atomic E-state index is 0.0277. The Morgan fingerprint density at radius 1 is 1.13 bits per heavy atom. The summed E-state index contributed by atoms with van der Waals surface area (Å²) in [5, 5.41) is 7.13. The maximum atomic E-state index is 12.1. The van der Waals surface area contributed by atoms with Gasteiger partial charge in [-0.05, 0) is 18.6 Å². The molecule has 1 saturated heterocycles. The molecule has 1 spiro atoms. The summed E-state index contributed by atoms with van der Waals surface area (Å²) in [6.07, 6.45) is 3.11. The number of aryl methyl sites for hydroxylation is 1. The van der Waals surface area contributed by atoms with Gasteiger partial charge in [-0.3, -0.25) is 0 Å². The summed E-state index contributed by atoms with van der Waals surface area (Å²) in [6, 6.07) is 14.4. The van der Waals surface area contributed by atoms with Crippen molar-refractivity contribution < 1.29 is 17.9 Å². The minimum atomic E-state index is -3.24. The molecule has 0 aliphatic carbocycles. The van der Waals surface area contributed by atoms with Gasteiger partial charge < -0.3 is 9.47 Å². The summed E-state index contributed by atoms with van der Waals surface area (Å²) in [6.45, 7) is 2.88. The zero-order valence-electron chi connectivity index (χ0n) is 18.0. The number of ether oxygens (including phenoxy) is 2. The van der Waals surface area contributed by atoms with Crippen LogP contribution in [0.3, 0.4) is 0 Å². The van der Waals surface area contributed by atoms with Crippen molar-refractivity contribution in [3.05, 3.63) is 59.2 Å². The molecule has 3 aliphatic rings. The van der Waals surface area contributed by atoms with Crippen molar-refractivity contribution in [1.82, 2.24) is 9.31 Å². The Morgan fingerprint density at radius 3 is 2.48 bits per heavy atom. The quantitative estimate of drug-likeness (QED) is 0.731. The van der Waals surface area contributed by atoms with Crippen molar-refractivity contribution >= 4 is 15.7 Å². The molecule has 8 heteroatoms. The highest BCUT2D eigenvalue weighted by atomic mass is 32.2. The van der Waals surface area contributed by atoms with Crippen molar-refractivity contribution in [2.75, 3.05) is 26.5 Å². The van der Waals surface area contributed by atoms with E-state index in [0.717, 1.165) is 29.0 Å². The van der Waals surface area contributed by atoms with E-state index < -0.39 is 15.7 Å². The summed E-state index contributed by atoms with van der Waals surface area (Å²) in [5.74, 6) is 1.45. The third-order valence-corrected chi connectivity index (χ3v) is 7.87. The molecule has 0 amide bonds. The molecule has 7 nitrogen and oxygen atoms in total. The van der Waals surface area contributed by atoms with E-state index in [4.69, 9.17) is 14.6 Å². The van der Waals surface area contributed by atoms with Gasteiger partial charge in [0.25, 0.3) is 0 Å². The van der Waals surface area contributed by atoms with Crippen LogP contribution >= 0.6 is 0 Å². The summed E-state index contributed by atoms with van der Waals surface area (Å²) in [5.41, 5.74) is 3.70. The van der Waals surface area contributed by atoms with Crippen LogP contribution in [0.1, 0.15) is 42.0 Å². The maximum Gasteiger partial charge on any atom is 0.211 e. The first-order valence-electron chi connectivity index (χ1n) is 10.6. The number of rotatable bonds is 3. The fourth-order valence-electron chi connectivity index (χ4n) is 4.85. The van der Waals surface area contributed by atoms with Gasteiger partial charge in [0.1, 0.15) is 0 Å². The molecule has 5 rings (SSSR count). The lowest BCUT2D eigenvalue weighted by atomic mass is 9.91. The predicted molar refractivity (Wildman–Crippen MR) is 119 cm³/mol. The summed E-state index contributed by atoms with van der Waals surface area (Å²) in [4.78, 5) is 0. The molecule has 31 heavy (non-hydrogen) atoms. The van der Waals surface area contributed by atoms with Gasteiger partial charge in [-0.1, -0.05) is 42.0 Å². The fraction of sp³-hybridized carbons (Fsp3) is 0.435. The van der Waals surface area contributed by atoms with Crippen LogP contribution in [0.4, 0.5) is 0 Å². The molecule has 0 N–H and O–H groups in total. The molecule has 1 atom stereocenters. The lowest BCUT2D eigenvalue weighted by Crippen LogP contribution is -2.59. The van der Waals surface area contributed by atoms with Crippen LogP contribution in [0.15, 0.2) is 47.6 Å². The normalized spacial score (nSPS) is 22.5. The molecular formula is C23H27N3O4S. The summed E-state index contributed by atoms with van der Waals surface area (Å²) >= 11 is 0. The Balaban J connectivity index is 1.57. The van der Waals surface area contributed by atoms with E-state index in [1.54, 1.807) is 7.11 Å². The second-order valence-corrected chi connectivity index (χ2v) is 10.5. The number of fused-ring (bicyclic) bond motifs is 4.